The lowest BCUT2D eigenvalue weighted by Gasteiger charge is -2.32. The van der Waals surface area contributed by atoms with Crippen molar-refractivity contribution in [1.29, 1.82) is 0 Å². The van der Waals surface area contributed by atoms with E-state index in [0.29, 0.717) is 5.92 Å². The Morgan fingerprint density at radius 2 is 1.96 bits per heavy atom. The number of hydrogen-bond acceptors (Lipinski definition) is 6. The number of aromatic nitrogens is 7. The zero-order chi connectivity index (χ0) is 15.6. The minimum Gasteiger partial charge on any atom is -0.355 e. The molecule has 1 aliphatic rings. The van der Waals surface area contributed by atoms with Gasteiger partial charge in [-0.15, -0.1) is 10.2 Å². The number of rotatable bonds is 3. The molecule has 0 atom stereocenters. The quantitative estimate of drug-likeness (QED) is 0.723. The zero-order valence-electron chi connectivity index (χ0n) is 12.9. The average Bonchev–Trinajstić information content (AvgIpc) is 3.27. The van der Waals surface area contributed by atoms with E-state index in [2.05, 4.69) is 30.2 Å². The molecule has 3 aromatic heterocycles. The van der Waals surface area contributed by atoms with Crippen molar-refractivity contribution in [2.24, 2.45) is 7.05 Å². The van der Waals surface area contributed by atoms with Crippen LogP contribution in [-0.2, 0) is 7.05 Å². The third kappa shape index (κ3) is 2.67. The molecule has 0 radical (unpaired) electrons. The van der Waals surface area contributed by atoms with E-state index in [1.54, 1.807) is 23.4 Å². The summed E-state index contributed by atoms with van der Waals surface area (Å²) in [7, 11) is 2.00. The minimum absolute atomic E-state index is 0.459. The molecule has 118 valence electrons. The van der Waals surface area contributed by atoms with Crippen LogP contribution >= 0.6 is 0 Å². The Morgan fingerprint density at radius 3 is 2.65 bits per heavy atom. The van der Waals surface area contributed by atoms with Gasteiger partial charge in [-0.25, -0.2) is 9.67 Å². The molecule has 0 bridgehead atoms. The van der Waals surface area contributed by atoms with Gasteiger partial charge in [-0.3, -0.25) is 4.98 Å². The van der Waals surface area contributed by atoms with Crippen LogP contribution in [0.4, 0.5) is 5.82 Å². The molecular weight excluding hydrogens is 292 g/mol. The van der Waals surface area contributed by atoms with Crippen LogP contribution in [0.25, 0.3) is 5.82 Å². The van der Waals surface area contributed by atoms with E-state index in [1.807, 2.05) is 30.1 Å². The first-order valence-electron chi connectivity index (χ1n) is 7.72. The van der Waals surface area contributed by atoms with Gasteiger partial charge in [0.1, 0.15) is 18.0 Å². The topological polar surface area (TPSA) is 77.5 Å². The van der Waals surface area contributed by atoms with E-state index in [0.717, 1.165) is 43.4 Å². The van der Waals surface area contributed by atoms with Gasteiger partial charge in [0.05, 0.1) is 12.4 Å². The minimum atomic E-state index is 0.459. The second-order valence-corrected chi connectivity index (χ2v) is 5.75. The Hall–Kier alpha value is -2.77. The second kappa shape index (κ2) is 5.79. The van der Waals surface area contributed by atoms with E-state index in [-0.39, 0.29) is 0 Å². The fourth-order valence-electron chi connectivity index (χ4n) is 3.04. The van der Waals surface area contributed by atoms with Crippen LogP contribution in [0.5, 0.6) is 0 Å². The van der Waals surface area contributed by atoms with E-state index in [4.69, 9.17) is 0 Å². The normalized spacial score (nSPS) is 16.0. The molecule has 1 saturated heterocycles. The van der Waals surface area contributed by atoms with Crippen molar-refractivity contribution >= 4 is 5.82 Å². The molecule has 0 aliphatic carbocycles. The predicted molar refractivity (Wildman–Crippen MR) is 84.3 cm³/mol. The Kier molecular flexibility index (Phi) is 3.49. The van der Waals surface area contributed by atoms with Gasteiger partial charge in [-0.05, 0) is 18.9 Å². The largest absolute Gasteiger partial charge is 0.355 e. The Labute approximate surface area is 133 Å². The summed E-state index contributed by atoms with van der Waals surface area (Å²) in [6.07, 6.45) is 11.0. The molecular formula is C15H18N8. The molecule has 0 aromatic carbocycles. The fourth-order valence-corrected chi connectivity index (χ4v) is 3.04. The summed E-state index contributed by atoms with van der Waals surface area (Å²) in [5, 5.41) is 12.4. The third-order valence-corrected chi connectivity index (χ3v) is 4.28. The van der Waals surface area contributed by atoms with Gasteiger partial charge >= 0.3 is 0 Å². The standard InChI is InChI=1S/C15H18N8/c1-21-11-17-20-15(21)12-3-7-22(8-4-12)13-9-16-10-14(19-13)23-6-2-5-18-23/h2,5-6,9-12H,3-4,7-8H2,1H3. The zero-order valence-corrected chi connectivity index (χ0v) is 12.9. The van der Waals surface area contributed by atoms with Gasteiger partial charge in [-0.2, -0.15) is 5.10 Å². The second-order valence-electron chi connectivity index (χ2n) is 5.75. The van der Waals surface area contributed by atoms with Crippen molar-refractivity contribution < 1.29 is 0 Å². The van der Waals surface area contributed by atoms with Gasteiger partial charge < -0.3 is 9.47 Å². The first kappa shape index (κ1) is 13.9. The van der Waals surface area contributed by atoms with E-state index in [9.17, 15) is 0 Å². The number of aryl methyl sites for hydroxylation is 1. The summed E-state index contributed by atoms with van der Waals surface area (Å²) >= 11 is 0. The molecule has 0 saturated carbocycles. The van der Waals surface area contributed by atoms with Gasteiger partial charge in [0.25, 0.3) is 0 Å². The molecule has 0 N–H and O–H groups in total. The Bertz CT molecular complexity index is 770. The van der Waals surface area contributed by atoms with Crippen LogP contribution in [0, 0.1) is 0 Å². The molecule has 1 fully saturated rings. The van der Waals surface area contributed by atoms with Crippen molar-refractivity contribution in [1.82, 2.24) is 34.5 Å². The maximum absolute atomic E-state index is 4.67. The number of nitrogens with zero attached hydrogens (tertiary/aromatic N) is 8. The lowest BCUT2D eigenvalue weighted by molar-refractivity contribution is 0.471. The van der Waals surface area contributed by atoms with Gasteiger partial charge in [0.15, 0.2) is 5.82 Å². The van der Waals surface area contributed by atoms with Crippen LogP contribution < -0.4 is 4.90 Å². The lowest BCUT2D eigenvalue weighted by atomic mass is 9.96. The summed E-state index contributed by atoms with van der Waals surface area (Å²) in [4.78, 5) is 11.3. The van der Waals surface area contributed by atoms with Crippen molar-refractivity contribution in [3.05, 3.63) is 43.0 Å². The molecule has 0 unspecified atom stereocenters. The molecule has 0 amide bonds. The number of hydrogen-bond donors (Lipinski definition) is 0. The SMILES string of the molecule is Cn1cnnc1C1CCN(c2cncc(-n3cccn3)n2)CC1. The summed E-state index contributed by atoms with van der Waals surface area (Å²) in [5.41, 5.74) is 0. The first-order chi connectivity index (χ1) is 11.3. The fraction of sp³-hybridized carbons (Fsp3) is 0.400. The monoisotopic (exact) mass is 310 g/mol. The molecule has 23 heavy (non-hydrogen) atoms. The lowest BCUT2D eigenvalue weighted by Crippen LogP contribution is -2.34. The van der Waals surface area contributed by atoms with Crippen LogP contribution in [0.1, 0.15) is 24.6 Å². The highest BCUT2D eigenvalue weighted by Crippen LogP contribution is 2.28. The number of piperidine rings is 1. The van der Waals surface area contributed by atoms with Crippen molar-refractivity contribution in [2.75, 3.05) is 18.0 Å². The van der Waals surface area contributed by atoms with Crippen LogP contribution in [0.3, 0.4) is 0 Å². The molecule has 8 heteroatoms. The number of anilines is 1. The molecule has 4 heterocycles. The third-order valence-electron chi connectivity index (χ3n) is 4.28. The summed E-state index contributed by atoms with van der Waals surface area (Å²) in [6.45, 7) is 1.88. The van der Waals surface area contributed by atoms with Crippen LogP contribution in [-0.4, -0.2) is 47.6 Å². The van der Waals surface area contributed by atoms with Gasteiger partial charge in [0, 0.05) is 38.4 Å². The summed E-state index contributed by atoms with van der Waals surface area (Å²) in [5.74, 6) is 3.17. The molecule has 4 rings (SSSR count). The molecule has 1 aliphatic heterocycles. The van der Waals surface area contributed by atoms with Crippen molar-refractivity contribution in [3.63, 3.8) is 0 Å². The van der Waals surface area contributed by atoms with Crippen molar-refractivity contribution in [2.45, 2.75) is 18.8 Å². The Balaban J connectivity index is 1.48. The van der Waals surface area contributed by atoms with Gasteiger partial charge in [-0.1, -0.05) is 0 Å². The Morgan fingerprint density at radius 1 is 1.13 bits per heavy atom. The maximum atomic E-state index is 4.67. The molecule has 0 spiro atoms. The van der Waals surface area contributed by atoms with E-state index < -0.39 is 0 Å². The smallest absolute Gasteiger partial charge is 0.173 e. The average molecular weight is 310 g/mol. The summed E-state index contributed by atoms with van der Waals surface area (Å²) in [6, 6.07) is 1.88. The first-order valence-corrected chi connectivity index (χ1v) is 7.72. The highest BCUT2D eigenvalue weighted by molar-refractivity contribution is 5.40. The van der Waals surface area contributed by atoms with Gasteiger partial charge in [0.2, 0.25) is 0 Å². The van der Waals surface area contributed by atoms with E-state index in [1.165, 1.54) is 0 Å². The van der Waals surface area contributed by atoms with E-state index >= 15 is 0 Å². The van der Waals surface area contributed by atoms with Crippen molar-refractivity contribution in [3.8, 4) is 5.82 Å². The molecule has 8 nitrogen and oxygen atoms in total. The maximum Gasteiger partial charge on any atom is 0.173 e. The highest BCUT2D eigenvalue weighted by Gasteiger charge is 2.24. The summed E-state index contributed by atoms with van der Waals surface area (Å²) < 4.78 is 3.74. The van der Waals surface area contributed by atoms with Crippen LogP contribution in [0.15, 0.2) is 37.2 Å². The highest BCUT2D eigenvalue weighted by atomic mass is 15.3. The van der Waals surface area contributed by atoms with Crippen LogP contribution in [0.2, 0.25) is 0 Å². The predicted octanol–water partition coefficient (Wildman–Crippen LogP) is 1.17. The molecule has 3 aromatic rings.